The quantitative estimate of drug-likeness (QED) is 0.742. The van der Waals surface area contributed by atoms with Crippen LogP contribution < -0.4 is 21.1 Å². The van der Waals surface area contributed by atoms with Gasteiger partial charge in [-0.2, -0.15) is 0 Å². The predicted molar refractivity (Wildman–Crippen MR) is 99.1 cm³/mol. The molecule has 0 bridgehead atoms. The number of hydrogen-bond donors (Lipinski definition) is 3. The Balaban J connectivity index is 2.07. The van der Waals surface area contributed by atoms with E-state index in [0.29, 0.717) is 24.7 Å². The molecule has 2 rings (SSSR count). The summed E-state index contributed by atoms with van der Waals surface area (Å²) in [7, 11) is 1.66. The molecule has 0 aliphatic carbocycles. The highest BCUT2D eigenvalue weighted by Crippen LogP contribution is 2.23. The van der Waals surface area contributed by atoms with Crippen molar-refractivity contribution >= 4 is 23.4 Å². The zero-order valence-corrected chi connectivity index (χ0v) is 15.0. The Hall–Kier alpha value is -2.96. The lowest BCUT2D eigenvalue weighted by molar-refractivity contribution is 0.168. The van der Waals surface area contributed by atoms with Crippen LogP contribution in [0.15, 0.2) is 24.3 Å². The lowest BCUT2D eigenvalue weighted by atomic mass is 10.0. The second-order valence-corrected chi connectivity index (χ2v) is 5.57. The van der Waals surface area contributed by atoms with Crippen molar-refractivity contribution in [2.24, 2.45) is 0 Å². The number of nitrogens with two attached hydrogens (primary N) is 1. The summed E-state index contributed by atoms with van der Waals surface area (Å²) in [5.41, 5.74) is 9.76. The summed E-state index contributed by atoms with van der Waals surface area (Å²) in [6.07, 6.45) is -0.554. The maximum Gasteiger partial charge on any atom is 0.411 e. The van der Waals surface area contributed by atoms with E-state index in [1.54, 1.807) is 26.2 Å². The van der Waals surface area contributed by atoms with Gasteiger partial charge in [-0.25, -0.2) is 9.78 Å². The minimum absolute atomic E-state index is 0.223. The molecule has 0 aliphatic heterocycles. The number of ether oxygens (including phenoxy) is 2. The van der Waals surface area contributed by atoms with E-state index in [2.05, 4.69) is 15.6 Å². The van der Waals surface area contributed by atoms with Crippen molar-refractivity contribution in [2.75, 3.05) is 30.1 Å². The number of aromatic nitrogens is 1. The van der Waals surface area contributed by atoms with Gasteiger partial charge < -0.3 is 20.5 Å². The van der Waals surface area contributed by atoms with Gasteiger partial charge in [0.2, 0.25) is 0 Å². The minimum Gasteiger partial charge on any atom is -0.497 e. The summed E-state index contributed by atoms with van der Waals surface area (Å²) >= 11 is 0. The third kappa shape index (κ3) is 4.76. The number of nitrogens with one attached hydrogen (secondary N) is 2. The molecule has 0 radical (unpaired) electrons. The first-order chi connectivity index (χ1) is 11.9. The molecule has 134 valence electrons. The van der Waals surface area contributed by atoms with Gasteiger partial charge in [-0.3, -0.25) is 5.32 Å². The van der Waals surface area contributed by atoms with Gasteiger partial charge >= 0.3 is 6.09 Å². The van der Waals surface area contributed by atoms with E-state index in [0.717, 1.165) is 16.9 Å². The number of amides is 1. The molecule has 1 aromatic heterocycles. The van der Waals surface area contributed by atoms with Crippen LogP contribution in [0.1, 0.15) is 23.6 Å². The number of methoxy groups -OCH3 is 1. The number of hydrogen-bond acceptors (Lipinski definition) is 6. The molecule has 1 amide bonds. The first-order valence-corrected chi connectivity index (χ1v) is 8.02. The molecule has 4 N–H and O–H groups in total. The molecule has 1 heterocycles. The molecule has 0 aliphatic rings. The molecule has 0 atom stereocenters. The van der Waals surface area contributed by atoms with Crippen LogP contribution in [0, 0.1) is 13.8 Å². The summed E-state index contributed by atoms with van der Waals surface area (Å²) < 4.78 is 10.1. The van der Waals surface area contributed by atoms with E-state index in [-0.39, 0.29) is 5.82 Å². The number of aryl methyl sites for hydroxylation is 2. The maximum absolute atomic E-state index is 11.4. The van der Waals surface area contributed by atoms with Crippen LogP contribution in [-0.4, -0.2) is 24.8 Å². The molecule has 0 saturated carbocycles. The van der Waals surface area contributed by atoms with Gasteiger partial charge in [-0.15, -0.1) is 0 Å². The van der Waals surface area contributed by atoms with Gasteiger partial charge in [0.25, 0.3) is 0 Å². The molecule has 1 aromatic carbocycles. The predicted octanol–water partition coefficient (Wildman–Crippen LogP) is 3.47. The molecular weight excluding hydrogens is 320 g/mol. The Kier molecular flexibility index (Phi) is 6.05. The maximum atomic E-state index is 11.4. The fourth-order valence-electron chi connectivity index (χ4n) is 2.49. The monoisotopic (exact) mass is 344 g/mol. The van der Waals surface area contributed by atoms with E-state index < -0.39 is 6.09 Å². The second-order valence-electron chi connectivity index (χ2n) is 5.57. The SMILES string of the molecule is CCOC(=O)Nc1ccc(NCc2c(C)cc(OC)cc2C)nc1N. The first kappa shape index (κ1) is 18.4. The first-order valence-electron chi connectivity index (χ1n) is 8.02. The number of rotatable bonds is 6. The van der Waals surface area contributed by atoms with Crippen LogP contribution in [0.25, 0.3) is 0 Å². The smallest absolute Gasteiger partial charge is 0.411 e. The Bertz CT molecular complexity index is 739. The second kappa shape index (κ2) is 8.23. The zero-order valence-electron chi connectivity index (χ0n) is 15.0. The number of anilines is 3. The van der Waals surface area contributed by atoms with E-state index in [4.69, 9.17) is 15.2 Å². The van der Waals surface area contributed by atoms with Crippen molar-refractivity contribution in [3.63, 3.8) is 0 Å². The highest BCUT2D eigenvalue weighted by atomic mass is 16.5. The van der Waals surface area contributed by atoms with Crippen molar-refractivity contribution in [2.45, 2.75) is 27.3 Å². The topological polar surface area (TPSA) is 98.5 Å². The third-order valence-corrected chi connectivity index (χ3v) is 3.79. The van der Waals surface area contributed by atoms with Gasteiger partial charge in [-0.1, -0.05) is 0 Å². The van der Waals surface area contributed by atoms with Crippen LogP contribution in [0.3, 0.4) is 0 Å². The summed E-state index contributed by atoms with van der Waals surface area (Å²) in [6.45, 7) is 6.72. The fraction of sp³-hybridized carbons (Fsp3) is 0.333. The Morgan fingerprint density at radius 2 is 1.92 bits per heavy atom. The number of nitrogen functional groups attached to an aromatic ring is 1. The zero-order chi connectivity index (χ0) is 18.4. The largest absolute Gasteiger partial charge is 0.497 e. The van der Waals surface area contributed by atoms with Crippen molar-refractivity contribution in [3.8, 4) is 5.75 Å². The minimum atomic E-state index is -0.554. The highest BCUT2D eigenvalue weighted by molar-refractivity contribution is 5.88. The van der Waals surface area contributed by atoms with Crippen molar-refractivity contribution < 1.29 is 14.3 Å². The van der Waals surface area contributed by atoms with Gasteiger partial charge in [0.1, 0.15) is 17.4 Å². The van der Waals surface area contributed by atoms with E-state index in [9.17, 15) is 4.79 Å². The van der Waals surface area contributed by atoms with E-state index in [1.165, 1.54) is 5.56 Å². The number of nitrogens with zero attached hydrogens (tertiary/aromatic N) is 1. The van der Waals surface area contributed by atoms with Crippen molar-refractivity contribution in [1.82, 2.24) is 4.98 Å². The summed E-state index contributed by atoms with van der Waals surface area (Å²) in [5.74, 6) is 1.69. The molecule has 0 unspecified atom stereocenters. The van der Waals surface area contributed by atoms with Gasteiger partial charge in [-0.05, 0) is 61.7 Å². The van der Waals surface area contributed by atoms with E-state index in [1.807, 2.05) is 26.0 Å². The Morgan fingerprint density at radius 3 is 2.48 bits per heavy atom. The van der Waals surface area contributed by atoms with Crippen molar-refractivity contribution in [3.05, 3.63) is 41.0 Å². The average Bonchev–Trinajstić information content (AvgIpc) is 2.56. The fourth-order valence-corrected chi connectivity index (χ4v) is 2.49. The number of carbonyl (C=O) groups excluding carboxylic acids is 1. The number of carbonyl (C=O) groups is 1. The van der Waals surface area contributed by atoms with Crippen LogP contribution in [0.2, 0.25) is 0 Å². The summed E-state index contributed by atoms with van der Waals surface area (Å²) in [6, 6.07) is 7.44. The Labute approximate surface area is 147 Å². The molecule has 25 heavy (non-hydrogen) atoms. The molecule has 7 nitrogen and oxygen atoms in total. The molecule has 7 heteroatoms. The third-order valence-electron chi connectivity index (χ3n) is 3.79. The molecule has 0 fully saturated rings. The van der Waals surface area contributed by atoms with E-state index >= 15 is 0 Å². The van der Waals surface area contributed by atoms with Gasteiger partial charge in [0.05, 0.1) is 19.4 Å². The van der Waals surface area contributed by atoms with Crippen LogP contribution in [-0.2, 0) is 11.3 Å². The van der Waals surface area contributed by atoms with Crippen LogP contribution in [0.5, 0.6) is 5.75 Å². The lowest BCUT2D eigenvalue weighted by Crippen LogP contribution is -2.15. The molecule has 2 aromatic rings. The van der Waals surface area contributed by atoms with Crippen molar-refractivity contribution in [1.29, 1.82) is 0 Å². The van der Waals surface area contributed by atoms with Crippen LogP contribution in [0.4, 0.5) is 22.1 Å². The standard InChI is InChI=1S/C18H24N4O3/c1-5-25-18(23)21-15-6-7-16(22-17(15)19)20-10-14-11(2)8-13(24-4)9-12(14)3/h6-9H,5,10H2,1-4H3,(H,21,23)(H3,19,20,22). The highest BCUT2D eigenvalue weighted by Gasteiger charge is 2.09. The Morgan fingerprint density at radius 1 is 1.24 bits per heavy atom. The normalized spacial score (nSPS) is 10.2. The molecule has 0 spiro atoms. The average molecular weight is 344 g/mol. The van der Waals surface area contributed by atoms with Crippen LogP contribution >= 0.6 is 0 Å². The number of benzene rings is 1. The molecular formula is C18H24N4O3. The van der Waals surface area contributed by atoms with Gasteiger partial charge in [0, 0.05) is 6.54 Å². The lowest BCUT2D eigenvalue weighted by Gasteiger charge is -2.14. The van der Waals surface area contributed by atoms with Gasteiger partial charge in [0.15, 0.2) is 0 Å². The summed E-state index contributed by atoms with van der Waals surface area (Å²) in [4.78, 5) is 15.7. The molecule has 0 saturated heterocycles. The summed E-state index contributed by atoms with van der Waals surface area (Å²) in [5, 5.41) is 5.80. The number of pyridine rings is 1.